The van der Waals surface area contributed by atoms with Crippen molar-refractivity contribution in [2.75, 3.05) is 42.8 Å². The van der Waals surface area contributed by atoms with Crippen molar-refractivity contribution in [2.45, 2.75) is 4.90 Å². The molecule has 2 heterocycles. The number of hydrogen-bond acceptors (Lipinski definition) is 8. The van der Waals surface area contributed by atoms with E-state index < -0.39 is 14.9 Å². The van der Waals surface area contributed by atoms with Crippen LogP contribution < -0.4 is 9.62 Å². The summed E-state index contributed by atoms with van der Waals surface area (Å²) in [4.78, 5) is 14.4. The maximum Gasteiger partial charge on any atom is 0.270 e. The zero-order valence-electron chi connectivity index (χ0n) is 17.7. The average Bonchev–Trinajstić information content (AvgIpc) is 2.79. The van der Waals surface area contributed by atoms with Gasteiger partial charge in [0.1, 0.15) is 4.90 Å². The van der Waals surface area contributed by atoms with Crippen LogP contribution in [0.4, 0.5) is 17.2 Å². The van der Waals surface area contributed by atoms with Crippen LogP contribution in [0.25, 0.3) is 11.3 Å². The van der Waals surface area contributed by atoms with E-state index in [1.165, 1.54) is 6.07 Å². The molecule has 0 saturated carbocycles. The first-order valence-electron chi connectivity index (χ1n) is 10.1. The lowest BCUT2D eigenvalue weighted by Gasteiger charge is -2.32. The largest absolute Gasteiger partial charge is 0.353 e. The highest BCUT2D eigenvalue weighted by Gasteiger charge is 2.22. The monoisotopic (exact) mass is 488 g/mol. The normalized spacial score (nSPS) is 14.8. The molecule has 0 spiro atoms. The standard InChI is InChI=1S/C21H21ClN6O4S/c1-26-9-11-27(12-10-26)21-8-7-19(23-24-21)15-3-2-4-16(13-15)25-33(31,32)20-14-17(28(29)30)5-6-18(20)22/h2-8,13-14,25H,9-12H2,1H3. The van der Waals surface area contributed by atoms with Gasteiger partial charge in [-0.15, -0.1) is 10.2 Å². The molecule has 1 aliphatic heterocycles. The van der Waals surface area contributed by atoms with Gasteiger partial charge < -0.3 is 9.80 Å². The number of nitro benzene ring substituents is 1. The number of rotatable bonds is 6. The molecular formula is C21H21ClN6O4S. The molecule has 12 heteroatoms. The second-order valence-electron chi connectivity index (χ2n) is 7.63. The van der Waals surface area contributed by atoms with Gasteiger partial charge in [-0.1, -0.05) is 23.7 Å². The van der Waals surface area contributed by atoms with Gasteiger partial charge in [-0.05, 0) is 37.4 Å². The van der Waals surface area contributed by atoms with E-state index in [0.717, 1.165) is 44.1 Å². The Kier molecular flexibility index (Phi) is 6.45. The van der Waals surface area contributed by atoms with Crippen molar-refractivity contribution < 1.29 is 13.3 Å². The SMILES string of the molecule is CN1CCN(c2ccc(-c3cccc(NS(=O)(=O)c4cc([N+](=O)[O-])ccc4Cl)c3)nn2)CC1. The second-order valence-corrected chi connectivity index (χ2v) is 9.68. The van der Waals surface area contributed by atoms with Gasteiger partial charge in [0.05, 0.1) is 15.6 Å². The van der Waals surface area contributed by atoms with Gasteiger partial charge in [0, 0.05) is 49.6 Å². The summed E-state index contributed by atoms with van der Waals surface area (Å²) in [6, 6.07) is 13.6. The number of benzene rings is 2. The zero-order valence-corrected chi connectivity index (χ0v) is 19.3. The van der Waals surface area contributed by atoms with Gasteiger partial charge in [0.15, 0.2) is 5.82 Å². The number of halogens is 1. The molecule has 1 saturated heterocycles. The number of non-ortho nitro benzene ring substituents is 1. The van der Waals surface area contributed by atoms with Crippen LogP contribution in [0.5, 0.6) is 0 Å². The summed E-state index contributed by atoms with van der Waals surface area (Å²) < 4.78 is 28.1. The van der Waals surface area contributed by atoms with Crippen molar-refractivity contribution in [1.29, 1.82) is 0 Å². The van der Waals surface area contributed by atoms with Crippen molar-refractivity contribution in [2.24, 2.45) is 0 Å². The first-order valence-corrected chi connectivity index (χ1v) is 11.9. The highest BCUT2D eigenvalue weighted by molar-refractivity contribution is 7.92. The third kappa shape index (κ3) is 5.21. The van der Waals surface area contributed by atoms with Crippen LogP contribution in [0.3, 0.4) is 0 Å². The van der Waals surface area contributed by atoms with Crippen molar-refractivity contribution in [1.82, 2.24) is 15.1 Å². The molecule has 0 radical (unpaired) electrons. The second kappa shape index (κ2) is 9.30. The number of anilines is 2. The Morgan fingerprint density at radius 3 is 2.45 bits per heavy atom. The zero-order chi connectivity index (χ0) is 23.6. The van der Waals surface area contributed by atoms with Gasteiger partial charge in [-0.2, -0.15) is 0 Å². The fourth-order valence-corrected chi connectivity index (χ4v) is 5.02. The highest BCUT2D eigenvalue weighted by atomic mass is 35.5. The lowest BCUT2D eigenvalue weighted by Crippen LogP contribution is -2.44. The first kappa shape index (κ1) is 22.9. The minimum Gasteiger partial charge on any atom is -0.353 e. The smallest absolute Gasteiger partial charge is 0.270 e. The van der Waals surface area contributed by atoms with E-state index in [1.807, 2.05) is 12.1 Å². The lowest BCUT2D eigenvalue weighted by molar-refractivity contribution is -0.385. The number of sulfonamides is 1. The molecule has 172 valence electrons. The fraction of sp³-hybridized carbons (Fsp3) is 0.238. The molecule has 1 fully saturated rings. The predicted molar refractivity (Wildman–Crippen MR) is 126 cm³/mol. The van der Waals surface area contributed by atoms with Crippen LogP contribution in [-0.4, -0.2) is 61.7 Å². The van der Waals surface area contributed by atoms with Gasteiger partial charge in [-0.25, -0.2) is 8.42 Å². The average molecular weight is 489 g/mol. The van der Waals surface area contributed by atoms with E-state index in [4.69, 9.17) is 11.6 Å². The van der Waals surface area contributed by atoms with Gasteiger partial charge in [0.2, 0.25) is 0 Å². The maximum atomic E-state index is 12.8. The lowest BCUT2D eigenvalue weighted by atomic mass is 10.1. The summed E-state index contributed by atoms with van der Waals surface area (Å²) in [7, 11) is -2.07. The molecule has 0 unspecified atom stereocenters. The Balaban J connectivity index is 1.55. The summed E-state index contributed by atoms with van der Waals surface area (Å²) >= 11 is 6.00. The Bertz CT molecular complexity index is 1280. The summed E-state index contributed by atoms with van der Waals surface area (Å²) in [6.45, 7) is 3.67. The van der Waals surface area contributed by atoms with Gasteiger partial charge >= 0.3 is 0 Å². The van der Waals surface area contributed by atoms with Crippen LogP contribution in [0.2, 0.25) is 5.02 Å². The minimum absolute atomic E-state index is 0.116. The van der Waals surface area contributed by atoms with Crippen molar-refractivity contribution in [3.05, 3.63) is 69.7 Å². The van der Waals surface area contributed by atoms with Crippen LogP contribution in [0, 0.1) is 10.1 Å². The Morgan fingerprint density at radius 1 is 1.03 bits per heavy atom. The van der Waals surface area contributed by atoms with Crippen LogP contribution in [0.1, 0.15) is 0 Å². The molecule has 1 aliphatic rings. The Morgan fingerprint density at radius 2 is 1.79 bits per heavy atom. The number of aromatic nitrogens is 2. The Hall–Kier alpha value is -3.28. The third-order valence-corrected chi connectivity index (χ3v) is 7.17. The molecule has 1 N–H and O–H groups in total. The molecule has 2 aromatic carbocycles. The van der Waals surface area contributed by atoms with E-state index in [-0.39, 0.29) is 21.3 Å². The molecule has 0 aliphatic carbocycles. The van der Waals surface area contributed by atoms with E-state index in [1.54, 1.807) is 24.3 Å². The first-order chi connectivity index (χ1) is 15.7. The Labute approximate surface area is 196 Å². The molecule has 4 rings (SSSR count). The number of nitrogens with one attached hydrogen (secondary N) is 1. The highest BCUT2D eigenvalue weighted by Crippen LogP contribution is 2.29. The number of piperazine rings is 1. The molecule has 33 heavy (non-hydrogen) atoms. The van der Waals surface area contributed by atoms with E-state index >= 15 is 0 Å². The molecule has 1 aromatic heterocycles. The predicted octanol–water partition coefficient (Wildman–Crippen LogP) is 3.26. The van der Waals surface area contributed by atoms with E-state index in [9.17, 15) is 18.5 Å². The molecular weight excluding hydrogens is 468 g/mol. The summed E-state index contributed by atoms with van der Waals surface area (Å²) in [5, 5.41) is 19.5. The van der Waals surface area contributed by atoms with Gasteiger partial charge in [0.25, 0.3) is 15.7 Å². The fourth-order valence-electron chi connectivity index (χ4n) is 3.45. The summed E-state index contributed by atoms with van der Waals surface area (Å²) in [6.07, 6.45) is 0. The van der Waals surface area contributed by atoms with Crippen molar-refractivity contribution >= 4 is 38.8 Å². The number of nitro groups is 1. The molecule has 10 nitrogen and oxygen atoms in total. The quantitative estimate of drug-likeness (QED) is 0.414. The topological polar surface area (TPSA) is 122 Å². The number of hydrogen-bond donors (Lipinski definition) is 1. The van der Waals surface area contributed by atoms with Crippen LogP contribution in [0.15, 0.2) is 59.5 Å². The number of likely N-dealkylation sites (N-methyl/N-ethyl adjacent to an activating group) is 1. The van der Waals surface area contributed by atoms with Gasteiger partial charge in [-0.3, -0.25) is 14.8 Å². The van der Waals surface area contributed by atoms with Crippen LogP contribution >= 0.6 is 11.6 Å². The number of nitrogens with zero attached hydrogens (tertiary/aromatic N) is 5. The van der Waals surface area contributed by atoms with Crippen molar-refractivity contribution in [3.63, 3.8) is 0 Å². The van der Waals surface area contributed by atoms with E-state index in [2.05, 4.69) is 31.8 Å². The van der Waals surface area contributed by atoms with E-state index in [0.29, 0.717) is 11.3 Å². The molecule has 0 atom stereocenters. The van der Waals surface area contributed by atoms with Crippen molar-refractivity contribution in [3.8, 4) is 11.3 Å². The summed E-state index contributed by atoms with van der Waals surface area (Å²) in [5.41, 5.74) is 1.14. The van der Waals surface area contributed by atoms with Crippen LogP contribution in [-0.2, 0) is 10.0 Å². The molecule has 0 amide bonds. The minimum atomic E-state index is -4.16. The molecule has 3 aromatic rings. The maximum absolute atomic E-state index is 12.8. The third-order valence-electron chi connectivity index (χ3n) is 5.30. The summed E-state index contributed by atoms with van der Waals surface area (Å²) in [5.74, 6) is 0.795. The molecule has 0 bridgehead atoms.